The van der Waals surface area contributed by atoms with Crippen LogP contribution in [-0.4, -0.2) is 17.6 Å². The smallest absolute Gasteiger partial charge is 0.251 e. The Bertz CT molecular complexity index is 619. The number of carbonyl (C=O) groups excluding carboxylic acids is 1. The Labute approximate surface area is 131 Å². The van der Waals surface area contributed by atoms with Gasteiger partial charge in [0.1, 0.15) is 11.4 Å². The second-order valence-corrected chi connectivity index (χ2v) is 6.76. The molecule has 1 unspecified atom stereocenters. The molecule has 4 heteroatoms. The van der Waals surface area contributed by atoms with E-state index in [1.807, 2.05) is 12.1 Å². The van der Waals surface area contributed by atoms with E-state index in [9.17, 15) is 9.90 Å². The van der Waals surface area contributed by atoms with Crippen LogP contribution in [0.3, 0.4) is 0 Å². The predicted octanol–water partition coefficient (Wildman–Crippen LogP) is 3.21. The average Bonchev–Trinajstić information content (AvgIpc) is 2.99. The normalized spacial score (nSPS) is 14.4. The largest absolute Gasteiger partial charge is 0.466 e. The van der Waals surface area contributed by atoms with Gasteiger partial charge in [-0.2, -0.15) is 0 Å². The van der Waals surface area contributed by atoms with Crippen molar-refractivity contribution in [1.29, 1.82) is 0 Å². The molecule has 4 nitrogen and oxygen atoms in total. The van der Waals surface area contributed by atoms with Crippen LogP contribution in [0.25, 0.3) is 0 Å². The van der Waals surface area contributed by atoms with Gasteiger partial charge in [0, 0.05) is 5.56 Å². The molecule has 1 aromatic carbocycles. The first-order chi connectivity index (χ1) is 10.2. The Morgan fingerprint density at radius 3 is 2.27 bits per heavy atom. The molecule has 0 fully saturated rings. The molecule has 0 bridgehead atoms. The highest BCUT2D eigenvalue weighted by molar-refractivity contribution is 5.94. The Kier molecular flexibility index (Phi) is 4.42. The van der Waals surface area contributed by atoms with Gasteiger partial charge in [0.15, 0.2) is 0 Å². The molecule has 0 spiro atoms. The summed E-state index contributed by atoms with van der Waals surface area (Å²) in [5, 5.41) is 13.0. The van der Waals surface area contributed by atoms with Crippen molar-refractivity contribution >= 4 is 5.91 Å². The molecular weight excluding hydrogens is 278 g/mol. The third kappa shape index (κ3) is 3.77. The average molecular weight is 301 g/mol. The summed E-state index contributed by atoms with van der Waals surface area (Å²) in [5.74, 6) is 0.211. The topological polar surface area (TPSA) is 62.5 Å². The Morgan fingerprint density at radius 1 is 1.14 bits per heavy atom. The number of furan rings is 1. The molecule has 1 heterocycles. The van der Waals surface area contributed by atoms with Crippen LogP contribution in [0.4, 0.5) is 0 Å². The van der Waals surface area contributed by atoms with Crippen LogP contribution < -0.4 is 5.32 Å². The predicted molar refractivity (Wildman–Crippen MR) is 85.8 cm³/mol. The van der Waals surface area contributed by atoms with Crippen molar-refractivity contribution < 1.29 is 14.3 Å². The van der Waals surface area contributed by atoms with E-state index in [-0.39, 0.29) is 17.9 Å². The van der Waals surface area contributed by atoms with Crippen LogP contribution in [0.2, 0.25) is 0 Å². The second-order valence-electron chi connectivity index (χ2n) is 6.76. The van der Waals surface area contributed by atoms with Crippen LogP contribution in [0.15, 0.2) is 47.1 Å². The molecule has 0 aliphatic carbocycles. The van der Waals surface area contributed by atoms with Crippen molar-refractivity contribution in [2.24, 2.45) is 0 Å². The lowest BCUT2D eigenvalue weighted by molar-refractivity contribution is 0.0330. The number of carbonyl (C=O) groups is 1. The number of rotatable bonds is 4. The lowest BCUT2D eigenvalue weighted by atomic mass is 9.86. The molecule has 0 saturated heterocycles. The van der Waals surface area contributed by atoms with Gasteiger partial charge in [-0.3, -0.25) is 4.79 Å². The molecule has 0 aliphatic rings. The first kappa shape index (κ1) is 16.3. The zero-order chi connectivity index (χ0) is 16.4. The van der Waals surface area contributed by atoms with E-state index < -0.39 is 5.60 Å². The monoisotopic (exact) mass is 301 g/mol. The first-order valence-corrected chi connectivity index (χ1v) is 7.35. The molecule has 0 aliphatic heterocycles. The molecule has 0 radical (unpaired) electrons. The summed E-state index contributed by atoms with van der Waals surface area (Å²) in [6.45, 7) is 8.07. The molecule has 1 amide bonds. The minimum atomic E-state index is -1.23. The minimum absolute atomic E-state index is 0.0535. The number of benzene rings is 1. The zero-order valence-electron chi connectivity index (χ0n) is 13.5. The van der Waals surface area contributed by atoms with E-state index in [0.29, 0.717) is 11.3 Å². The third-order valence-electron chi connectivity index (χ3n) is 3.66. The van der Waals surface area contributed by atoms with Crippen molar-refractivity contribution in [3.63, 3.8) is 0 Å². The van der Waals surface area contributed by atoms with Gasteiger partial charge in [-0.1, -0.05) is 32.9 Å². The van der Waals surface area contributed by atoms with Gasteiger partial charge in [-0.05, 0) is 42.2 Å². The summed E-state index contributed by atoms with van der Waals surface area (Å²) in [6, 6.07) is 10.9. The summed E-state index contributed by atoms with van der Waals surface area (Å²) >= 11 is 0. The van der Waals surface area contributed by atoms with E-state index in [1.54, 1.807) is 31.2 Å². The summed E-state index contributed by atoms with van der Waals surface area (Å²) in [4.78, 5) is 12.2. The van der Waals surface area contributed by atoms with Gasteiger partial charge >= 0.3 is 0 Å². The van der Waals surface area contributed by atoms with E-state index in [4.69, 9.17) is 4.42 Å². The van der Waals surface area contributed by atoms with E-state index in [0.717, 1.165) is 0 Å². The zero-order valence-corrected chi connectivity index (χ0v) is 13.5. The highest BCUT2D eigenvalue weighted by Crippen LogP contribution is 2.22. The standard InChI is InChI=1S/C18H23NO3/c1-17(2,3)14-9-7-13(8-10-14)16(20)19-12-18(4,21)15-6-5-11-22-15/h5-11,21H,12H2,1-4H3,(H,19,20). The van der Waals surface area contributed by atoms with Crippen molar-refractivity contribution in [1.82, 2.24) is 5.32 Å². The fourth-order valence-corrected chi connectivity index (χ4v) is 2.15. The number of amides is 1. The molecule has 2 rings (SSSR count). The lowest BCUT2D eigenvalue weighted by Gasteiger charge is -2.21. The highest BCUT2D eigenvalue weighted by Gasteiger charge is 2.27. The maximum atomic E-state index is 12.2. The fourth-order valence-electron chi connectivity index (χ4n) is 2.15. The lowest BCUT2D eigenvalue weighted by Crippen LogP contribution is -2.38. The van der Waals surface area contributed by atoms with E-state index in [2.05, 4.69) is 26.1 Å². The van der Waals surface area contributed by atoms with Crippen molar-refractivity contribution in [3.8, 4) is 0 Å². The molecule has 1 aromatic heterocycles. The minimum Gasteiger partial charge on any atom is -0.466 e. The van der Waals surface area contributed by atoms with Gasteiger partial charge in [-0.25, -0.2) is 0 Å². The van der Waals surface area contributed by atoms with Gasteiger partial charge in [0.05, 0.1) is 12.8 Å². The maximum absolute atomic E-state index is 12.2. The van der Waals surface area contributed by atoms with Crippen LogP contribution in [0.5, 0.6) is 0 Å². The van der Waals surface area contributed by atoms with Crippen molar-refractivity contribution in [3.05, 3.63) is 59.5 Å². The van der Waals surface area contributed by atoms with Crippen LogP contribution >= 0.6 is 0 Å². The maximum Gasteiger partial charge on any atom is 0.251 e. The summed E-state index contributed by atoms with van der Waals surface area (Å²) < 4.78 is 5.19. The quantitative estimate of drug-likeness (QED) is 0.911. The molecule has 22 heavy (non-hydrogen) atoms. The van der Waals surface area contributed by atoms with Crippen LogP contribution in [0.1, 0.15) is 49.4 Å². The number of hydrogen-bond donors (Lipinski definition) is 2. The van der Waals surface area contributed by atoms with Crippen LogP contribution in [0, 0.1) is 0 Å². The molecular formula is C18H23NO3. The second kappa shape index (κ2) is 5.97. The van der Waals surface area contributed by atoms with Gasteiger partial charge in [0.25, 0.3) is 5.91 Å². The summed E-state index contributed by atoms with van der Waals surface area (Å²) in [6.07, 6.45) is 1.50. The van der Waals surface area contributed by atoms with Crippen LogP contribution in [-0.2, 0) is 11.0 Å². The first-order valence-electron chi connectivity index (χ1n) is 7.35. The molecule has 2 aromatic rings. The van der Waals surface area contributed by atoms with Gasteiger partial charge in [0.2, 0.25) is 0 Å². The summed E-state index contributed by atoms with van der Waals surface area (Å²) in [7, 11) is 0. The Balaban J connectivity index is 2.01. The van der Waals surface area contributed by atoms with Gasteiger partial charge in [-0.15, -0.1) is 0 Å². The van der Waals surface area contributed by atoms with Crippen molar-refractivity contribution in [2.75, 3.05) is 6.54 Å². The van der Waals surface area contributed by atoms with E-state index in [1.165, 1.54) is 11.8 Å². The number of hydrogen-bond acceptors (Lipinski definition) is 3. The summed E-state index contributed by atoms with van der Waals surface area (Å²) in [5.41, 5.74) is 0.567. The molecule has 0 saturated carbocycles. The van der Waals surface area contributed by atoms with Gasteiger partial charge < -0.3 is 14.8 Å². The fraction of sp³-hybridized carbons (Fsp3) is 0.389. The number of nitrogens with one attached hydrogen (secondary N) is 1. The molecule has 118 valence electrons. The number of aliphatic hydroxyl groups is 1. The Morgan fingerprint density at radius 2 is 1.77 bits per heavy atom. The van der Waals surface area contributed by atoms with E-state index >= 15 is 0 Å². The SMILES string of the molecule is CC(C)(C)c1ccc(C(=O)NCC(C)(O)c2ccco2)cc1. The van der Waals surface area contributed by atoms with Crippen molar-refractivity contribution in [2.45, 2.75) is 38.7 Å². The molecule has 2 N–H and O–H groups in total. The third-order valence-corrected chi connectivity index (χ3v) is 3.66. The molecule has 1 atom stereocenters. The highest BCUT2D eigenvalue weighted by atomic mass is 16.4. The Hall–Kier alpha value is -2.07.